The Bertz CT molecular complexity index is 837. The number of hydrogen-bond donors (Lipinski definition) is 0. The lowest BCUT2D eigenvalue weighted by atomic mass is 10.0. The summed E-state index contributed by atoms with van der Waals surface area (Å²) >= 11 is 1.56. The fraction of sp³-hybridized carbons (Fsp3) is 0.211. The van der Waals surface area contributed by atoms with Crippen LogP contribution in [-0.2, 0) is 6.42 Å². The second-order valence-corrected chi connectivity index (χ2v) is 6.76. The van der Waals surface area contributed by atoms with E-state index in [1.54, 1.807) is 18.4 Å². The van der Waals surface area contributed by atoms with Gasteiger partial charge in [-0.1, -0.05) is 30.3 Å². The fourth-order valence-corrected chi connectivity index (χ4v) is 4.22. The topological polar surface area (TPSA) is 29.5 Å². The minimum atomic E-state index is 0.0663. The Hall–Kier alpha value is -2.33. The van der Waals surface area contributed by atoms with Crippen LogP contribution in [0.2, 0.25) is 0 Å². The van der Waals surface area contributed by atoms with E-state index >= 15 is 0 Å². The minimum absolute atomic E-state index is 0.0663. The third-order valence-corrected chi connectivity index (χ3v) is 5.39. The van der Waals surface area contributed by atoms with Crippen LogP contribution in [0.3, 0.4) is 0 Å². The molecule has 4 rings (SSSR count). The average molecular weight is 323 g/mol. The molecule has 2 aromatic carbocycles. The highest BCUT2D eigenvalue weighted by molar-refractivity contribution is 7.20. The summed E-state index contributed by atoms with van der Waals surface area (Å²) in [5, 5.41) is 1.12. The number of carbonyl (C=O) groups is 1. The van der Waals surface area contributed by atoms with Gasteiger partial charge < -0.3 is 9.64 Å². The molecule has 3 nitrogen and oxygen atoms in total. The second-order valence-electron chi connectivity index (χ2n) is 5.68. The predicted octanol–water partition coefficient (Wildman–Crippen LogP) is 4.50. The first-order chi connectivity index (χ1) is 11.3. The number of hydrogen-bond acceptors (Lipinski definition) is 3. The molecule has 0 aliphatic carbocycles. The molecule has 1 aliphatic rings. The van der Waals surface area contributed by atoms with Crippen LogP contribution >= 0.6 is 11.3 Å². The van der Waals surface area contributed by atoms with Crippen molar-refractivity contribution in [3.05, 3.63) is 59.0 Å². The molecule has 3 aromatic rings. The molecule has 0 unspecified atom stereocenters. The highest BCUT2D eigenvalue weighted by atomic mass is 32.1. The number of nitrogens with zero attached hydrogens (tertiary/aromatic N) is 1. The van der Waals surface area contributed by atoms with Gasteiger partial charge in [-0.15, -0.1) is 11.3 Å². The Morgan fingerprint density at radius 1 is 1.17 bits per heavy atom. The van der Waals surface area contributed by atoms with Crippen molar-refractivity contribution in [3.63, 3.8) is 0 Å². The maximum absolute atomic E-state index is 13.1. The smallest absolute Gasteiger partial charge is 0.268 e. The molecular formula is C19H17NO2S. The van der Waals surface area contributed by atoms with Crippen molar-refractivity contribution in [1.82, 2.24) is 0 Å². The Kier molecular flexibility index (Phi) is 3.54. The number of thiophene rings is 1. The third-order valence-electron chi connectivity index (χ3n) is 4.28. The van der Waals surface area contributed by atoms with Gasteiger partial charge in [0.25, 0.3) is 5.91 Å². The lowest BCUT2D eigenvalue weighted by Crippen LogP contribution is -2.35. The zero-order valence-corrected chi connectivity index (χ0v) is 13.7. The molecule has 0 spiro atoms. The van der Waals surface area contributed by atoms with Gasteiger partial charge in [0, 0.05) is 11.2 Å². The molecule has 1 aromatic heterocycles. The summed E-state index contributed by atoms with van der Waals surface area (Å²) in [5.41, 5.74) is 2.12. The van der Waals surface area contributed by atoms with Crippen LogP contribution in [0.4, 0.5) is 5.69 Å². The van der Waals surface area contributed by atoms with Gasteiger partial charge in [-0.05, 0) is 42.0 Å². The molecule has 0 fully saturated rings. The number of methoxy groups -OCH3 is 1. The first kappa shape index (κ1) is 14.3. The van der Waals surface area contributed by atoms with Gasteiger partial charge >= 0.3 is 0 Å². The third kappa shape index (κ3) is 2.39. The van der Waals surface area contributed by atoms with Crippen LogP contribution in [0.5, 0.6) is 5.75 Å². The van der Waals surface area contributed by atoms with Crippen molar-refractivity contribution >= 4 is 33.0 Å². The molecule has 2 heterocycles. The standard InChI is InChI=1S/C19H17NO2S/c1-22-15-9-4-7-13-8-5-11-20(18(13)15)19(21)17-12-14-6-2-3-10-16(14)23-17/h2-4,6-7,9-10,12H,5,8,11H2,1H3. The van der Waals surface area contributed by atoms with E-state index in [9.17, 15) is 4.79 Å². The first-order valence-corrected chi connectivity index (χ1v) is 8.56. The van der Waals surface area contributed by atoms with Crippen molar-refractivity contribution < 1.29 is 9.53 Å². The molecule has 4 heteroatoms. The summed E-state index contributed by atoms with van der Waals surface area (Å²) in [6, 6.07) is 16.1. The van der Waals surface area contributed by atoms with E-state index in [2.05, 4.69) is 12.1 Å². The summed E-state index contributed by atoms with van der Waals surface area (Å²) < 4.78 is 6.64. The van der Waals surface area contributed by atoms with Crippen LogP contribution in [0.15, 0.2) is 48.5 Å². The number of ether oxygens (including phenoxy) is 1. The molecule has 1 amide bonds. The molecule has 0 N–H and O–H groups in total. The maximum Gasteiger partial charge on any atom is 0.268 e. The summed E-state index contributed by atoms with van der Waals surface area (Å²) in [6.45, 7) is 0.737. The number of anilines is 1. The molecule has 1 aliphatic heterocycles. The molecule has 116 valence electrons. The lowest BCUT2D eigenvalue weighted by molar-refractivity contribution is 0.0988. The molecule has 0 bridgehead atoms. The largest absolute Gasteiger partial charge is 0.495 e. The van der Waals surface area contributed by atoms with Crippen LogP contribution in [0.1, 0.15) is 21.7 Å². The first-order valence-electron chi connectivity index (χ1n) is 7.74. The minimum Gasteiger partial charge on any atom is -0.495 e. The maximum atomic E-state index is 13.1. The van der Waals surface area contributed by atoms with Crippen molar-refractivity contribution in [2.24, 2.45) is 0 Å². The van der Waals surface area contributed by atoms with Crippen molar-refractivity contribution in [2.45, 2.75) is 12.8 Å². The Morgan fingerprint density at radius 3 is 2.87 bits per heavy atom. The number of aryl methyl sites for hydroxylation is 1. The van der Waals surface area contributed by atoms with Crippen molar-refractivity contribution in [3.8, 4) is 5.75 Å². The normalized spacial score (nSPS) is 13.9. The van der Waals surface area contributed by atoms with E-state index in [1.807, 2.05) is 41.3 Å². The van der Waals surface area contributed by atoms with Crippen LogP contribution < -0.4 is 9.64 Å². The summed E-state index contributed by atoms with van der Waals surface area (Å²) in [6.07, 6.45) is 1.97. The van der Waals surface area contributed by atoms with Crippen molar-refractivity contribution in [2.75, 3.05) is 18.6 Å². The second kappa shape index (κ2) is 5.70. The summed E-state index contributed by atoms with van der Waals surface area (Å²) in [5.74, 6) is 0.841. The summed E-state index contributed by atoms with van der Waals surface area (Å²) in [4.78, 5) is 15.7. The molecule has 0 saturated heterocycles. The number of benzene rings is 2. The van der Waals surface area contributed by atoms with Crippen LogP contribution in [0.25, 0.3) is 10.1 Å². The molecule has 0 atom stereocenters. The number of para-hydroxylation sites is 1. The zero-order chi connectivity index (χ0) is 15.8. The van der Waals surface area contributed by atoms with E-state index < -0.39 is 0 Å². The van der Waals surface area contributed by atoms with Crippen LogP contribution in [0, 0.1) is 0 Å². The Labute approximate surface area is 139 Å². The predicted molar refractivity (Wildman–Crippen MR) is 94.8 cm³/mol. The van der Waals surface area contributed by atoms with E-state index in [-0.39, 0.29) is 5.91 Å². The van der Waals surface area contributed by atoms with E-state index in [1.165, 1.54) is 5.56 Å². The van der Waals surface area contributed by atoms with E-state index in [4.69, 9.17) is 4.74 Å². The van der Waals surface area contributed by atoms with Crippen LogP contribution in [-0.4, -0.2) is 19.6 Å². The lowest BCUT2D eigenvalue weighted by Gasteiger charge is -2.30. The Morgan fingerprint density at radius 2 is 2.04 bits per heavy atom. The fourth-order valence-electron chi connectivity index (χ4n) is 3.20. The number of amides is 1. The van der Waals surface area contributed by atoms with Gasteiger partial charge in [0.15, 0.2) is 0 Å². The highest BCUT2D eigenvalue weighted by Crippen LogP contribution is 2.38. The average Bonchev–Trinajstić information content (AvgIpc) is 3.04. The monoisotopic (exact) mass is 323 g/mol. The van der Waals surface area contributed by atoms with Gasteiger partial charge in [0.05, 0.1) is 17.7 Å². The van der Waals surface area contributed by atoms with Gasteiger partial charge in [-0.25, -0.2) is 0 Å². The molecule has 0 saturated carbocycles. The summed E-state index contributed by atoms with van der Waals surface area (Å²) in [7, 11) is 1.66. The Balaban J connectivity index is 1.78. The number of rotatable bonds is 2. The van der Waals surface area contributed by atoms with Gasteiger partial charge in [0.2, 0.25) is 0 Å². The quantitative estimate of drug-likeness (QED) is 0.695. The van der Waals surface area contributed by atoms with Gasteiger partial charge in [-0.3, -0.25) is 4.79 Å². The molecular weight excluding hydrogens is 306 g/mol. The van der Waals surface area contributed by atoms with E-state index in [0.717, 1.165) is 45.8 Å². The number of fused-ring (bicyclic) bond motifs is 2. The van der Waals surface area contributed by atoms with Gasteiger partial charge in [0.1, 0.15) is 5.75 Å². The number of carbonyl (C=O) groups excluding carboxylic acids is 1. The molecule has 0 radical (unpaired) electrons. The SMILES string of the molecule is COc1cccc2c1N(C(=O)c1cc3ccccc3s1)CCC2. The highest BCUT2D eigenvalue weighted by Gasteiger charge is 2.27. The zero-order valence-electron chi connectivity index (χ0n) is 12.9. The van der Waals surface area contributed by atoms with Crippen molar-refractivity contribution in [1.29, 1.82) is 0 Å². The van der Waals surface area contributed by atoms with E-state index in [0.29, 0.717) is 0 Å². The van der Waals surface area contributed by atoms with Gasteiger partial charge in [-0.2, -0.15) is 0 Å². The molecule has 23 heavy (non-hydrogen) atoms.